The van der Waals surface area contributed by atoms with E-state index in [-0.39, 0.29) is 24.5 Å². The van der Waals surface area contributed by atoms with E-state index in [0.29, 0.717) is 42.0 Å². The van der Waals surface area contributed by atoms with Crippen LogP contribution >= 0.6 is 0 Å². The molecular formula is C26H34N4O4. The van der Waals surface area contributed by atoms with Gasteiger partial charge >= 0.3 is 5.97 Å². The van der Waals surface area contributed by atoms with Crippen LogP contribution in [0.3, 0.4) is 0 Å². The molecule has 182 valence electrons. The number of aromatic nitrogens is 3. The second-order valence-corrected chi connectivity index (χ2v) is 8.71. The number of fused-ring (bicyclic) bond motifs is 1. The first-order valence-electron chi connectivity index (χ1n) is 11.7. The second-order valence-electron chi connectivity index (χ2n) is 8.71. The quantitative estimate of drug-likeness (QED) is 0.328. The lowest BCUT2D eigenvalue weighted by Crippen LogP contribution is -2.39. The summed E-state index contributed by atoms with van der Waals surface area (Å²) in [5, 5.41) is 5.19. The zero-order chi connectivity index (χ0) is 24.8. The fraction of sp³-hybridized carbons (Fsp3) is 0.462. The second kappa shape index (κ2) is 11.2. The van der Waals surface area contributed by atoms with Crippen LogP contribution in [0.5, 0.6) is 0 Å². The maximum absolute atomic E-state index is 13.9. The van der Waals surface area contributed by atoms with Crippen molar-refractivity contribution in [3.8, 4) is 11.3 Å². The molecule has 0 aliphatic rings. The van der Waals surface area contributed by atoms with Crippen molar-refractivity contribution in [2.45, 2.75) is 40.7 Å². The number of nitrogens with zero attached hydrogens (tertiary/aromatic N) is 4. The van der Waals surface area contributed by atoms with Crippen LogP contribution in [0.2, 0.25) is 0 Å². The first kappa shape index (κ1) is 25.4. The molecule has 1 aromatic carbocycles. The first-order chi connectivity index (χ1) is 16.3. The number of esters is 1. The molecule has 0 spiro atoms. The standard InChI is InChI=1S/C26H34N4O4/c1-7-34-13-12-29(16-19(5)26(32)33-6)25(31)21-14-23(20-10-8-18(4)9-11-20)28-24-22(21)15-27-30(24)17(2)3/h8-11,14-15,17,19H,7,12-13,16H2,1-6H3. The summed E-state index contributed by atoms with van der Waals surface area (Å²) in [4.78, 5) is 32.5. The van der Waals surface area contributed by atoms with Crippen molar-refractivity contribution in [2.24, 2.45) is 5.92 Å². The molecule has 8 heteroatoms. The van der Waals surface area contributed by atoms with Gasteiger partial charge < -0.3 is 14.4 Å². The third-order valence-electron chi connectivity index (χ3n) is 5.73. The number of carbonyl (C=O) groups excluding carboxylic acids is 2. The minimum atomic E-state index is -0.470. The maximum atomic E-state index is 13.9. The Labute approximate surface area is 200 Å². The van der Waals surface area contributed by atoms with Gasteiger partial charge in [-0.3, -0.25) is 9.59 Å². The lowest BCUT2D eigenvalue weighted by atomic mass is 10.0. The van der Waals surface area contributed by atoms with Crippen molar-refractivity contribution >= 4 is 22.9 Å². The van der Waals surface area contributed by atoms with E-state index in [4.69, 9.17) is 14.5 Å². The van der Waals surface area contributed by atoms with Gasteiger partial charge in [-0.25, -0.2) is 9.67 Å². The van der Waals surface area contributed by atoms with Crippen molar-refractivity contribution in [3.05, 3.63) is 47.7 Å². The number of hydrogen-bond acceptors (Lipinski definition) is 6. The molecule has 3 rings (SSSR count). The Morgan fingerprint density at radius 3 is 2.47 bits per heavy atom. The third kappa shape index (κ3) is 5.62. The number of ether oxygens (including phenoxy) is 2. The summed E-state index contributed by atoms with van der Waals surface area (Å²) in [5.41, 5.74) is 3.92. The van der Waals surface area contributed by atoms with Gasteiger partial charge in [0.05, 0.1) is 42.5 Å². The number of aryl methyl sites for hydroxylation is 1. The van der Waals surface area contributed by atoms with E-state index in [1.54, 1.807) is 18.0 Å². The molecule has 1 atom stereocenters. The van der Waals surface area contributed by atoms with Crippen LogP contribution in [-0.4, -0.2) is 65.0 Å². The lowest BCUT2D eigenvalue weighted by Gasteiger charge is -2.25. The highest BCUT2D eigenvalue weighted by Gasteiger charge is 2.26. The highest BCUT2D eigenvalue weighted by molar-refractivity contribution is 6.06. The van der Waals surface area contributed by atoms with E-state index < -0.39 is 5.92 Å². The van der Waals surface area contributed by atoms with Gasteiger partial charge in [0.25, 0.3) is 5.91 Å². The molecule has 0 N–H and O–H groups in total. The van der Waals surface area contributed by atoms with Gasteiger partial charge in [0.15, 0.2) is 5.65 Å². The predicted molar refractivity (Wildman–Crippen MR) is 132 cm³/mol. The minimum absolute atomic E-state index is 0.0784. The molecule has 2 aromatic heterocycles. The Balaban J connectivity index is 2.10. The van der Waals surface area contributed by atoms with Crippen LogP contribution in [-0.2, 0) is 14.3 Å². The summed E-state index contributed by atoms with van der Waals surface area (Å²) in [5.74, 6) is -1.02. The maximum Gasteiger partial charge on any atom is 0.310 e. The molecule has 2 heterocycles. The van der Waals surface area contributed by atoms with Gasteiger partial charge in [-0.2, -0.15) is 5.10 Å². The lowest BCUT2D eigenvalue weighted by molar-refractivity contribution is -0.145. The largest absolute Gasteiger partial charge is 0.469 e. The Bertz CT molecular complexity index is 1140. The number of methoxy groups -OCH3 is 1. The molecule has 8 nitrogen and oxygen atoms in total. The van der Waals surface area contributed by atoms with Gasteiger partial charge in [0.1, 0.15) is 0 Å². The SMILES string of the molecule is CCOCCN(CC(C)C(=O)OC)C(=O)c1cc(-c2ccc(C)cc2)nc2c1cnn2C(C)C. The molecule has 0 saturated carbocycles. The molecule has 3 aromatic rings. The van der Waals surface area contributed by atoms with Crippen LogP contribution in [0.15, 0.2) is 36.5 Å². The molecule has 1 amide bonds. The van der Waals surface area contributed by atoms with Gasteiger partial charge in [-0.15, -0.1) is 0 Å². The van der Waals surface area contributed by atoms with E-state index >= 15 is 0 Å². The van der Waals surface area contributed by atoms with Crippen LogP contribution in [0.4, 0.5) is 0 Å². The summed E-state index contributed by atoms with van der Waals surface area (Å²) >= 11 is 0. The highest BCUT2D eigenvalue weighted by Crippen LogP contribution is 2.28. The van der Waals surface area contributed by atoms with Gasteiger partial charge in [-0.05, 0) is 33.8 Å². The monoisotopic (exact) mass is 466 g/mol. The summed E-state index contributed by atoms with van der Waals surface area (Å²) in [7, 11) is 1.35. The van der Waals surface area contributed by atoms with Crippen molar-refractivity contribution < 1.29 is 19.1 Å². The third-order valence-corrected chi connectivity index (χ3v) is 5.73. The molecule has 0 aliphatic carbocycles. The zero-order valence-electron chi connectivity index (χ0n) is 20.9. The number of hydrogen-bond donors (Lipinski definition) is 0. The molecule has 34 heavy (non-hydrogen) atoms. The predicted octanol–water partition coefficient (Wildman–Crippen LogP) is 4.28. The molecule has 0 radical (unpaired) electrons. The van der Waals surface area contributed by atoms with Gasteiger partial charge in [0, 0.05) is 31.3 Å². The van der Waals surface area contributed by atoms with Crippen molar-refractivity contribution in [2.75, 3.05) is 33.4 Å². The topological polar surface area (TPSA) is 86.5 Å². The fourth-order valence-corrected chi connectivity index (χ4v) is 3.82. The highest BCUT2D eigenvalue weighted by atomic mass is 16.5. The van der Waals surface area contributed by atoms with E-state index in [0.717, 1.165) is 11.1 Å². The van der Waals surface area contributed by atoms with Crippen molar-refractivity contribution in [1.82, 2.24) is 19.7 Å². The summed E-state index contributed by atoms with van der Waals surface area (Å²) < 4.78 is 12.2. The van der Waals surface area contributed by atoms with Crippen molar-refractivity contribution in [3.63, 3.8) is 0 Å². The summed E-state index contributed by atoms with van der Waals surface area (Å²) in [6.07, 6.45) is 1.69. The Morgan fingerprint density at radius 1 is 1.15 bits per heavy atom. The van der Waals surface area contributed by atoms with E-state index in [2.05, 4.69) is 5.10 Å². The Hall–Kier alpha value is -3.26. The smallest absolute Gasteiger partial charge is 0.310 e. The minimum Gasteiger partial charge on any atom is -0.469 e. The number of benzene rings is 1. The number of pyridine rings is 1. The summed E-state index contributed by atoms with van der Waals surface area (Å²) in [6, 6.07) is 9.94. The molecule has 1 unspecified atom stereocenters. The number of rotatable bonds is 10. The average Bonchev–Trinajstić information content (AvgIpc) is 3.26. The van der Waals surface area contributed by atoms with Gasteiger partial charge in [-0.1, -0.05) is 36.8 Å². The molecular weight excluding hydrogens is 432 g/mol. The van der Waals surface area contributed by atoms with Crippen LogP contribution in [0, 0.1) is 12.8 Å². The fourth-order valence-electron chi connectivity index (χ4n) is 3.82. The molecule has 0 bridgehead atoms. The summed E-state index contributed by atoms with van der Waals surface area (Å²) in [6.45, 7) is 11.3. The van der Waals surface area contributed by atoms with E-state index in [9.17, 15) is 9.59 Å². The van der Waals surface area contributed by atoms with Crippen molar-refractivity contribution in [1.29, 1.82) is 0 Å². The normalized spacial score (nSPS) is 12.2. The molecule has 0 fully saturated rings. The number of amides is 1. The molecule has 0 saturated heterocycles. The molecule has 0 aliphatic heterocycles. The van der Waals surface area contributed by atoms with E-state index in [1.165, 1.54) is 7.11 Å². The zero-order valence-corrected chi connectivity index (χ0v) is 20.9. The van der Waals surface area contributed by atoms with Crippen LogP contribution in [0.25, 0.3) is 22.3 Å². The number of carbonyl (C=O) groups is 2. The average molecular weight is 467 g/mol. The Kier molecular flexibility index (Phi) is 8.39. The Morgan fingerprint density at radius 2 is 1.85 bits per heavy atom. The van der Waals surface area contributed by atoms with Crippen LogP contribution < -0.4 is 0 Å². The van der Waals surface area contributed by atoms with Crippen LogP contribution in [0.1, 0.15) is 49.7 Å². The van der Waals surface area contributed by atoms with Gasteiger partial charge in [0.2, 0.25) is 0 Å². The van der Waals surface area contributed by atoms with E-state index in [1.807, 2.05) is 62.7 Å². The first-order valence-corrected chi connectivity index (χ1v) is 11.7.